The van der Waals surface area contributed by atoms with Crippen LogP contribution in [0.4, 0.5) is 0 Å². The van der Waals surface area contributed by atoms with Gasteiger partial charge >= 0.3 is 0 Å². The van der Waals surface area contributed by atoms with E-state index in [0.717, 1.165) is 32.5 Å². The normalized spacial score (nSPS) is 29.9. The van der Waals surface area contributed by atoms with Gasteiger partial charge in [-0.15, -0.1) is 0 Å². The zero-order chi connectivity index (χ0) is 14.0. The van der Waals surface area contributed by atoms with E-state index in [1.807, 2.05) is 24.5 Å². The molecule has 2 aliphatic heterocycles. The molecule has 1 amide bonds. The molecule has 5 heteroatoms. The molecule has 108 valence electrons. The molecule has 0 bridgehead atoms. The fraction of sp³-hybridized carbons (Fsp3) is 0.600. The van der Waals surface area contributed by atoms with Gasteiger partial charge in [-0.25, -0.2) is 0 Å². The van der Waals surface area contributed by atoms with Gasteiger partial charge in [-0.1, -0.05) is 0 Å². The molecule has 20 heavy (non-hydrogen) atoms. The number of amides is 1. The summed E-state index contributed by atoms with van der Waals surface area (Å²) in [5, 5.41) is 2.83. The molecule has 3 rings (SSSR count). The van der Waals surface area contributed by atoms with Crippen molar-refractivity contribution in [3.8, 4) is 0 Å². The van der Waals surface area contributed by atoms with E-state index in [1.165, 1.54) is 5.56 Å². The lowest BCUT2D eigenvalue weighted by Crippen LogP contribution is -2.56. The van der Waals surface area contributed by atoms with E-state index in [1.54, 1.807) is 7.05 Å². The van der Waals surface area contributed by atoms with Crippen LogP contribution in [0.2, 0.25) is 0 Å². The first-order chi connectivity index (χ1) is 9.74. The summed E-state index contributed by atoms with van der Waals surface area (Å²) in [5.41, 5.74) is 0.879. The Kier molecular flexibility index (Phi) is 3.72. The summed E-state index contributed by atoms with van der Waals surface area (Å²) in [6.45, 7) is 3.32. The molecule has 2 aliphatic rings. The van der Waals surface area contributed by atoms with Gasteiger partial charge < -0.3 is 10.1 Å². The highest BCUT2D eigenvalue weighted by molar-refractivity contribution is 5.83. The van der Waals surface area contributed by atoms with Gasteiger partial charge in [0, 0.05) is 45.7 Å². The average Bonchev–Trinajstić information content (AvgIpc) is 2.91. The van der Waals surface area contributed by atoms with Crippen molar-refractivity contribution in [2.45, 2.75) is 25.5 Å². The lowest BCUT2D eigenvalue weighted by atomic mass is 9.75. The Hall–Kier alpha value is -1.46. The Labute approximate surface area is 119 Å². The number of aromatic nitrogens is 1. The number of hydrogen-bond donors (Lipinski definition) is 1. The Bertz CT molecular complexity index is 479. The molecule has 2 atom stereocenters. The van der Waals surface area contributed by atoms with Gasteiger partial charge in [0.05, 0.1) is 11.5 Å². The molecule has 1 N–H and O–H groups in total. The number of piperidine rings is 1. The zero-order valence-corrected chi connectivity index (χ0v) is 11.8. The van der Waals surface area contributed by atoms with E-state index in [0.29, 0.717) is 6.61 Å². The Morgan fingerprint density at radius 1 is 1.55 bits per heavy atom. The van der Waals surface area contributed by atoms with Gasteiger partial charge in [0.1, 0.15) is 0 Å². The highest BCUT2D eigenvalue weighted by Gasteiger charge is 2.52. The first-order valence-electron chi connectivity index (χ1n) is 7.20. The number of ether oxygens (including phenoxy) is 1. The summed E-state index contributed by atoms with van der Waals surface area (Å²) in [7, 11) is 1.72. The van der Waals surface area contributed by atoms with Crippen molar-refractivity contribution in [3.63, 3.8) is 0 Å². The molecule has 5 nitrogen and oxygen atoms in total. The lowest BCUT2D eigenvalue weighted by Gasteiger charge is -2.42. The third-order valence-corrected chi connectivity index (χ3v) is 4.53. The van der Waals surface area contributed by atoms with Gasteiger partial charge in [0.25, 0.3) is 0 Å². The summed E-state index contributed by atoms with van der Waals surface area (Å²) >= 11 is 0. The van der Waals surface area contributed by atoms with E-state index in [-0.39, 0.29) is 17.4 Å². The summed E-state index contributed by atoms with van der Waals surface area (Å²) in [6.07, 6.45) is 5.46. The largest absolute Gasteiger partial charge is 0.377 e. The molecule has 0 radical (unpaired) electrons. The van der Waals surface area contributed by atoms with Gasteiger partial charge in [0.2, 0.25) is 5.91 Å². The third-order valence-electron chi connectivity index (χ3n) is 4.53. The molecule has 3 heterocycles. The van der Waals surface area contributed by atoms with Crippen LogP contribution in [0.15, 0.2) is 24.5 Å². The summed E-state index contributed by atoms with van der Waals surface area (Å²) < 4.78 is 5.78. The number of carbonyl (C=O) groups excluding carboxylic acids is 1. The van der Waals surface area contributed by atoms with Gasteiger partial charge in [0.15, 0.2) is 0 Å². The van der Waals surface area contributed by atoms with Crippen LogP contribution in [-0.2, 0) is 16.1 Å². The molecule has 0 spiro atoms. The van der Waals surface area contributed by atoms with Crippen molar-refractivity contribution in [1.29, 1.82) is 0 Å². The molecule has 0 saturated carbocycles. The van der Waals surface area contributed by atoms with Crippen molar-refractivity contribution in [3.05, 3.63) is 30.1 Å². The van der Waals surface area contributed by atoms with Crippen LogP contribution >= 0.6 is 0 Å². The Balaban J connectivity index is 1.75. The standard InChI is InChI=1S/C15H21N3O2/c1-16-14(19)15-5-9-20-13(15)4-8-18(11-15)10-12-2-6-17-7-3-12/h2-3,6-7,13H,4-5,8-11H2,1H3,(H,16,19)/t13-,15-/m0/s1. The van der Waals surface area contributed by atoms with Crippen molar-refractivity contribution >= 4 is 5.91 Å². The topological polar surface area (TPSA) is 54.5 Å². The number of nitrogens with one attached hydrogen (secondary N) is 1. The van der Waals surface area contributed by atoms with Crippen LogP contribution in [0, 0.1) is 5.41 Å². The van der Waals surface area contributed by atoms with Gasteiger partial charge in [-0.3, -0.25) is 14.7 Å². The Morgan fingerprint density at radius 3 is 3.10 bits per heavy atom. The van der Waals surface area contributed by atoms with Crippen LogP contribution in [-0.4, -0.2) is 48.6 Å². The minimum absolute atomic E-state index is 0.0798. The summed E-state index contributed by atoms with van der Waals surface area (Å²) in [4.78, 5) is 18.7. The lowest BCUT2D eigenvalue weighted by molar-refractivity contribution is -0.139. The van der Waals surface area contributed by atoms with E-state index in [2.05, 4.69) is 15.2 Å². The van der Waals surface area contributed by atoms with E-state index in [9.17, 15) is 4.79 Å². The molecule has 0 aromatic carbocycles. The molecular weight excluding hydrogens is 254 g/mol. The Morgan fingerprint density at radius 2 is 2.35 bits per heavy atom. The summed E-state index contributed by atoms with van der Waals surface area (Å²) in [6, 6.07) is 4.06. The quantitative estimate of drug-likeness (QED) is 0.887. The minimum Gasteiger partial charge on any atom is -0.377 e. The number of hydrogen-bond acceptors (Lipinski definition) is 4. The highest BCUT2D eigenvalue weighted by Crippen LogP contribution is 2.41. The molecule has 1 aromatic heterocycles. The summed E-state index contributed by atoms with van der Waals surface area (Å²) in [5.74, 6) is 0.124. The van der Waals surface area contributed by atoms with Crippen LogP contribution in [0.3, 0.4) is 0 Å². The van der Waals surface area contributed by atoms with E-state index in [4.69, 9.17) is 4.74 Å². The predicted octanol–water partition coefficient (Wildman–Crippen LogP) is 0.809. The number of rotatable bonds is 3. The number of carbonyl (C=O) groups is 1. The molecule has 2 fully saturated rings. The molecule has 0 aliphatic carbocycles. The first kappa shape index (κ1) is 13.5. The molecular formula is C15H21N3O2. The maximum absolute atomic E-state index is 12.3. The second-order valence-corrected chi connectivity index (χ2v) is 5.70. The van der Waals surface area contributed by atoms with E-state index >= 15 is 0 Å². The van der Waals surface area contributed by atoms with Gasteiger partial charge in [-0.2, -0.15) is 0 Å². The smallest absolute Gasteiger partial charge is 0.229 e. The minimum atomic E-state index is -0.361. The first-order valence-corrected chi connectivity index (χ1v) is 7.20. The third kappa shape index (κ3) is 2.31. The number of pyridine rings is 1. The van der Waals surface area contributed by atoms with Crippen LogP contribution in [0.1, 0.15) is 18.4 Å². The van der Waals surface area contributed by atoms with Crippen molar-refractivity contribution in [2.75, 3.05) is 26.7 Å². The molecule has 1 aromatic rings. The molecule has 0 unspecified atom stereocenters. The second kappa shape index (κ2) is 5.50. The van der Waals surface area contributed by atoms with E-state index < -0.39 is 0 Å². The number of nitrogens with zero attached hydrogens (tertiary/aromatic N) is 2. The fourth-order valence-electron chi connectivity index (χ4n) is 3.48. The predicted molar refractivity (Wildman–Crippen MR) is 75.0 cm³/mol. The fourth-order valence-corrected chi connectivity index (χ4v) is 3.48. The van der Waals surface area contributed by atoms with Crippen molar-refractivity contribution < 1.29 is 9.53 Å². The van der Waals surface area contributed by atoms with Crippen LogP contribution in [0.5, 0.6) is 0 Å². The monoisotopic (exact) mass is 275 g/mol. The maximum atomic E-state index is 12.3. The van der Waals surface area contributed by atoms with Gasteiger partial charge in [-0.05, 0) is 30.5 Å². The number of likely N-dealkylation sites (tertiary alicyclic amines) is 1. The highest BCUT2D eigenvalue weighted by atomic mass is 16.5. The van der Waals surface area contributed by atoms with Crippen LogP contribution in [0.25, 0.3) is 0 Å². The SMILES string of the molecule is CNC(=O)[C@]12CCO[C@H]1CCN(Cc1ccncc1)C2. The number of fused-ring (bicyclic) bond motifs is 1. The maximum Gasteiger partial charge on any atom is 0.229 e. The molecule has 2 saturated heterocycles. The second-order valence-electron chi connectivity index (χ2n) is 5.70. The van der Waals surface area contributed by atoms with Crippen LogP contribution < -0.4 is 5.32 Å². The van der Waals surface area contributed by atoms with Crippen molar-refractivity contribution in [1.82, 2.24) is 15.2 Å². The van der Waals surface area contributed by atoms with Crippen molar-refractivity contribution in [2.24, 2.45) is 5.41 Å². The zero-order valence-electron chi connectivity index (χ0n) is 11.8. The average molecular weight is 275 g/mol.